The molecule has 0 bridgehead atoms. The van der Waals surface area contributed by atoms with Gasteiger partial charge in [-0.1, -0.05) is 6.92 Å². The van der Waals surface area contributed by atoms with Gasteiger partial charge in [-0.05, 0) is 24.1 Å². The van der Waals surface area contributed by atoms with E-state index in [0.717, 1.165) is 12.0 Å². The quantitative estimate of drug-likeness (QED) is 0.920. The molecule has 0 saturated carbocycles. The molecule has 0 spiro atoms. The zero-order valence-corrected chi connectivity index (χ0v) is 12.4. The summed E-state index contributed by atoms with van der Waals surface area (Å²) in [7, 11) is 3.12. The summed E-state index contributed by atoms with van der Waals surface area (Å²) < 4.78 is 10.5. The number of methoxy groups -OCH3 is 2. The van der Waals surface area contributed by atoms with Gasteiger partial charge in [0, 0.05) is 17.1 Å². The van der Waals surface area contributed by atoms with Gasteiger partial charge in [-0.15, -0.1) is 11.3 Å². The van der Waals surface area contributed by atoms with Crippen LogP contribution in [-0.2, 0) is 6.42 Å². The van der Waals surface area contributed by atoms with Gasteiger partial charge in [-0.2, -0.15) is 0 Å². The van der Waals surface area contributed by atoms with Crippen LogP contribution in [-0.4, -0.2) is 25.1 Å². The van der Waals surface area contributed by atoms with Crippen molar-refractivity contribution < 1.29 is 14.3 Å². The minimum Gasteiger partial charge on any atom is -0.493 e. The number of hydrogen-bond donors (Lipinski definition) is 1. The molecule has 1 heterocycles. The summed E-state index contributed by atoms with van der Waals surface area (Å²) in [5.74, 6) is 0.960. The number of aryl methyl sites for hydroxylation is 1. The molecular weight excluding hydrogens is 276 g/mol. The molecule has 0 saturated heterocycles. The number of hydrogen-bond acceptors (Lipinski definition) is 5. The van der Waals surface area contributed by atoms with Crippen molar-refractivity contribution in [3.8, 4) is 11.5 Å². The second-order valence-electron chi connectivity index (χ2n) is 4.01. The molecule has 1 aromatic heterocycles. The van der Waals surface area contributed by atoms with E-state index in [1.165, 1.54) is 11.3 Å². The Hall–Kier alpha value is -2.08. The van der Waals surface area contributed by atoms with E-state index in [-0.39, 0.29) is 5.91 Å². The minimum absolute atomic E-state index is 0.197. The van der Waals surface area contributed by atoms with Gasteiger partial charge in [-0.3, -0.25) is 10.1 Å². The Bertz CT molecular complexity index is 597. The lowest BCUT2D eigenvalue weighted by Gasteiger charge is -2.13. The van der Waals surface area contributed by atoms with Gasteiger partial charge < -0.3 is 9.47 Å². The van der Waals surface area contributed by atoms with Gasteiger partial charge in [0.2, 0.25) is 0 Å². The molecule has 0 aliphatic carbocycles. The Morgan fingerprint density at radius 2 is 2.00 bits per heavy atom. The molecule has 0 unspecified atom stereocenters. The lowest BCUT2D eigenvalue weighted by molar-refractivity contribution is 0.102. The smallest absolute Gasteiger partial charge is 0.257 e. The van der Waals surface area contributed by atoms with E-state index in [9.17, 15) is 4.79 Å². The summed E-state index contributed by atoms with van der Waals surface area (Å²) >= 11 is 1.38. The van der Waals surface area contributed by atoms with Gasteiger partial charge in [0.25, 0.3) is 5.91 Å². The highest BCUT2D eigenvalue weighted by Crippen LogP contribution is 2.31. The average molecular weight is 292 g/mol. The van der Waals surface area contributed by atoms with Gasteiger partial charge >= 0.3 is 0 Å². The molecule has 1 aromatic carbocycles. The lowest BCUT2D eigenvalue weighted by Crippen LogP contribution is -2.14. The van der Waals surface area contributed by atoms with E-state index < -0.39 is 0 Å². The van der Waals surface area contributed by atoms with Crippen molar-refractivity contribution in [2.24, 2.45) is 0 Å². The fourth-order valence-corrected chi connectivity index (χ4v) is 2.40. The Labute approximate surface area is 121 Å². The molecule has 6 heteroatoms. The highest BCUT2D eigenvalue weighted by atomic mass is 32.1. The first-order valence-electron chi connectivity index (χ1n) is 6.15. The zero-order valence-electron chi connectivity index (χ0n) is 11.6. The summed E-state index contributed by atoms with van der Waals surface area (Å²) in [4.78, 5) is 16.4. The van der Waals surface area contributed by atoms with Crippen LogP contribution in [0.1, 0.15) is 22.8 Å². The van der Waals surface area contributed by atoms with E-state index in [0.29, 0.717) is 22.2 Å². The minimum atomic E-state index is -0.197. The van der Waals surface area contributed by atoms with Crippen molar-refractivity contribution in [3.63, 3.8) is 0 Å². The summed E-state index contributed by atoms with van der Waals surface area (Å²) in [5, 5.41) is 5.16. The van der Waals surface area contributed by atoms with Gasteiger partial charge in [0.1, 0.15) is 0 Å². The summed E-state index contributed by atoms with van der Waals surface area (Å²) in [6.45, 7) is 1.99. The first-order valence-corrected chi connectivity index (χ1v) is 7.03. The maximum absolute atomic E-state index is 12.3. The topological polar surface area (TPSA) is 60.5 Å². The van der Waals surface area contributed by atoms with Crippen LogP contribution >= 0.6 is 11.3 Å². The largest absolute Gasteiger partial charge is 0.493 e. The number of rotatable bonds is 5. The van der Waals surface area contributed by atoms with Crippen molar-refractivity contribution in [1.82, 2.24) is 4.98 Å². The van der Waals surface area contributed by atoms with Crippen molar-refractivity contribution in [2.75, 3.05) is 19.5 Å². The lowest BCUT2D eigenvalue weighted by atomic mass is 10.0. The predicted molar refractivity (Wildman–Crippen MR) is 79.0 cm³/mol. The van der Waals surface area contributed by atoms with Crippen molar-refractivity contribution in [3.05, 3.63) is 34.8 Å². The third kappa shape index (κ3) is 2.91. The fourth-order valence-electron chi connectivity index (χ4n) is 1.87. The molecule has 1 amide bonds. The van der Waals surface area contributed by atoms with E-state index in [1.54, 1.807) is 26.5 Å². The third-order valence-corrected chi connectivity index (χ3v) is 3.58. The number of anilines is 1. The summed E-state index contributed by atoms with van der Waals surface area (Å²) in [5.41, 5.74) is 1.47. The standard InChI is InChI=1S/C14H16N2O3S/c1-4-9-7-11(18-2)12(19-3)8-10(9)13(17)16-14-15-5-6-20-14/h5-8H,4H2,1-3H3,(H,15,16,17). The molecule has 106 valence electrons. The first kappa shape index (κ1) is 14.3. The number of nitrogens with zero attached hydrogens (tertiary/aromatic N) is 1. The highest BCUT2D eigenvalue weighted by Gasteiger charge is 2.16. The van der Waals surface area contributed by atoms with E-state index in [2.05, 4.69) is 10.3 Å². The van der Waals surface area contributed by atoms with Crippen LogP contribution in [0.2, 0.25) is 0 Å². The molecular formula is C14H16N2O3S. The van der Waals surface area contributed by atoms with Gasteiger partial charge in [0.15, 0.2) is 16.6 Å². The molecule has 5 nitrogen and oxygen atoms in total. The molecule has 0 aliphatic heterocycles. The van der Waals surface area contributed by atoms with E-state index in [4.69, 9.17) is 9.47 Å². The second kappa shape index (κ2) is 6.38. The highest BCUT2D eigenvalue weighted by molar-refractivity contribution is 7.13. The Morgan fingerprint density at radius 3 is 2.55 bits per heavy atom. The van der Waals surface area contributed by atoms with Crippen LogP contribution < -0.4 is 14.8 Å². The van der Waals surface area contributed by atoms with Crippen LogP contribution in [0, 0.1) is 0 Å². The molecule has 2 rings (SSSR count). The Balaban J connectivity index is 2.36. The van der Waals surface area contributed by atoms with Crippen LogP contribution in [0.5, 0.6) is 11.5 Å². The Kier molecular flexibility index (Phi) is 4.57. The van der Waals surface area contributed by atoms with Gasteiger partial charge in [0.05, 0.1) is 14.2 Å². The number of aromatic nitrogens is 1. The summed E-state index contributed by atoms with van der Waals surface area (Å²) in [6, 6.07) is 3.52. The first-order chi connectivity index (χ1) is 9.69. The van der Waals surface area contributed by atoms with Crippen molar-refractivity contribution in [2.45, 2.75) is 13.3 Å². The number of benzene rings is 1. The molecule has 1 N–H and O–H groups in total. The summed E-state index contributed by atoms with van der Waals surface area (Å²) in [6.07, 6.45) is 2.37. The number of carbonyl (C=O) groups is 1. The number of thiazole rings is 1. The monoisotopic (exact) mass is 292 g/mol. The molecule has 2 aromatic rings. The van der Waals surface area contributed by atoms with Crippen molar-refractivity contribution >= 4 is 22.4 Å². The molecule has 0 atom stereocenters. The van der Waals surface area contributed by atoms with Crippen LogP contribution in [0.15, 0.2) is 23.7 Å². The van der Waals surface area contributed by atoms with Crippen LogP contribution in [0.25, 0.3) is 0 Å². The number of nitrogens with one attached hydrogen (secondary N) is 1. The van der Waals surface area contributed by atoms with Crippen molar-refractivity contribution in [1.29, 1.82) is 0 Å². The Morgan fingerprint density at radius 1 is 1.30 bits per heavy atom. The zero-order chi connectivity index (χ0) is 14.5. The third-order valence-electron chi connectivity index (χ3n) is 2.89. The number of amides is 1. The van der Waals surface area contributed by atoms with Crippen LogP contribution in [0.4, 0.5) is 5.13 Å². The van der Waals surface area contributed by atoms with E-state index >= 15 is 0 Å². The molecule has 20 heavy (non-hydrogen) atoms. The predicted octanol–water partition coefficient (Wildman–Crippen LogP) is 2.98. The maximum Gasteiger partial charge on any atom is 0.257 e. The van der Waals surface area contributed by atoms with Crippen LogP contribution in [0.3, 0.4) is 0 Å². The SMILES string of the molecule is CCc1cc(OC)c(OC)cc1C(=O)Nc1nccs1. The fraction of sp³-hybridized carbons (Fsp3) is 0.286. The second-order valence-corrected chi connectivity index (χ2v) is 4.90. The average Bonchev–Trinajstić information content (AvgIpc) is 2.98. The molecule has 0 fully saturated rings. The van der Waals surface area contributed by atoms with E-state index in [1.807, 2.05) is 18.4 Å². The normalized spacial score (nSPS) is 10.2. The van der Waals surface area contributed by atoms with Gasteiger partial charge in [-0.25, -0.2) is 4.98 Å². The molecule has 0 aliphatic rings. The molecule has 0 radical (unpaired) electrons. The maximum atomic E-state index is 12.3. The number of ether oxygens (including phenoxy) is 2. The number of carbonyl (C=O) groups excluding carboxylic acids is 1.